The highest BCUT2D eigenvalue weighted by molar-refractivity contribution is 6.32. The summed E-state index contributed by atoms with van der Waals surface area (Å²) in [7, 11) is 2.45. The van der Waals surface area contributed by atoms with Crippen LogP contribution < -0.4 is 0 Å². The van der Waals surface area contributed by atoms with Gasteiger partial charge in [0.25, 0.3) is 5.69 Å². The first-order valence-corrected chi connectivity index (χ1v) is 9.64. The molecule has 1 aromatic rings. The van der Waals surface area contributed by atoms with Crippen molar-refractivity contribution in [2.24, 2.45) is 0 Å². The molecule has 1 unspecified atom stereocenters. The van der Waals surface area contributed by atoms with Crippen LogP contribution in [0.15, 0.2) is 41.7 Å². The second-order valence-corrected chi connectivity index (χ2v) is 7.29. The SMILES string of the molecule is COC(=O)C1=CN(CC2CCCO2)C=C(C(=O)OC)C1c1ccc(Cl)c([N+](=O)[O-])c1. The Balaban J connectivity index is 2.08. The van der Waals surface area contributed by atoms with Crippen LogP contribution in [0.5, 0.6) is 0 Å². The van der Waals surface area contributed by atoms with E-state index in [0.717, 1.165) is 12.8 Å². The summed E-state index contributed by atoms with van der Waals surface area (Å²) in [5.41, 5.74) is 0.311. The number of methoxy groups -OCH3 is 2. The molecule has 160 valence electrons. The molecule has 0 N–H and O–H groups in total. The van der Waals surface area contributed by atoms with Crippen LogP contribution in [0.2, 0.25) is 5.02 Å². The number of halogens is 1. The lowest BCUT2D eigenvalue weighted by Crippen LogP contribution is -2.32. The van der Waals surface area contributed by atoms with Crippen LogP contribution in [0, 0.1) is 10.1 Å². The van der Waals surface area contributed by atoms with Crippen LogP contribution in [-0.2, 0) is 23.8 Å². The Hall–Kier alpha value is -2.91. The third-order valence-electron chi connectivity index (χ3n) is 5.01. The molecule has 0 amide bonds. The van der Waals surface area contributed by atoms with Crippen molar-refractivity contribution in [3.05, 3.63) is 62.4 Å². The van der Waals surface area contributed by atoms with Crippen LogP contribution in [0.1, 0.15) is 24.3 Å². The Morgan fingerprint density at radius 2 is 1.87 bits per heavy atom. The number of nitrogens with zero attached hydrogens (tertiary/aromatic N) is 2. The molecule has 2 aliphatic heterocycles. The van der Waals surface area contributed by atoms with E-state index in [1.165, 1.54) is 32.4 Å². The molecule has 30 heavy (non-hydrogen) atoms. The fraction of sp³-hybridized carbons (Fsp3) is 0.400. The number of ether oxygens (including phenoxy) is 3. The summed E-state index contributed by atoms with van der Waals surface area (Å²) in [6, 6.07) is 4.14. The first kappa shape index (κ1) is 21.8. The van der Waals surface area contributed by atoms with Gasteiger partial charge < -0.3 is 19.1 Å². The van der Waals surface area contributed by atoms with Crippen LogP contribution in [0.3, 0.4) is 0 Å². The first-order valence-electron chi connectivity index (χ1n) is 9.27. The lowest BCUT2D eigenvalue weighted by Gasteiger charge is -2.31. The molecule has 3 rings (SSSR count). The first-order chi connectivity index (χ1) is 14.3. The number of benzene rings is 1. The van der Waals surface area contributed by atoms with E-state index in [4.69, 9.17) is 25.8 Å². The Labute approximate surface area is 178 Å². The van der Waals surface area contributed by atoms with E-state index in [1.807, 2.05) is 0 Å². The van der Waals surface area contributed by atoms with Crippen molar-refractivity contribution in [3.8, 4) is 0 Å². The molecule has 0 aliphatic carbocycles. The van der Waals surface area contributed by atoms with Gasteiger partial charge >= 0.3 is 11.9 Å². The maximum Gasteiger partial charge on any atom is 0.336 e. The number of nitro groups is 1. The zero-order valence-electron chi connectivity index (χ0n) is 16.5. The molecule has 1 atom stereocenters. The van der Waals surface area contributed by atoms with Gasteiger partial charge in [0.2, 0.25) is 0 Å². The fourth-order valence-electron chi connectivity index (χ4n) is 3.63. The maximum atomic E-state index is 12.6. The molecule has 10 heteroatoms. The predicted molar refractivity (Wildman–Crippen MR) is 107 cm³/mol. The van der Waals surface area contributed by atoms with Gasteiger partial charge in [-0.25, -0.2) is 9.59 Å². The van der Waals surface area contributed by atoms with Gasteiger partial charge in [-0.05, 0) is 24.5 Å². The Morgan fingerprint density at radius 1 is 1.23 bits per heavy atom. The van der Waals surface area contributed by atoms with E-state index >= 15 is 0 Å². The second-order valence-electron chi connectivity index (χ2n) is 6.88. The van der Waals surface area contributed by atoms with Crippen LogP contribution >= 0.6 is 11.6 Å². The zero-order valence-corrected chi connectivity index (χ0v) is 17.3. The van der Waals surface area contributed by atoms with Crippen LogP contribution in [0.4, 0.5) is 5.69 Å². The largest absolute Gasteiger partial charge is 0.466 e. The van der Waals surface area contributed by atoms with E-state index in [9.17, 15) is 19.7 Å². The average molecular weight is 437 g/mol. The standard InChI is InChI=1S/C20H21ClN2O7/c1-28-19(24)14-10-22(9-13-4-3-7-30-13)11-15(20(25)29-2)18(14)12-5-6-16(21)17(8-12)23(26)27/h5-6,8,10-11,13,18H,3-4,7,9H2,1-2H3. The minimum atomic E-state index is -0.915. The average Bonchev–Trinajstić information content (AvgIpc) is 3.25. The van der Waals surface area contributed by atoms with Crippen molar-refractivity contribution in [1.82, 2.24) is 4.90 Å². The minimum absolute atomic E-state index is 0.0385. The Morgan fingerprint density at radius 3 is 2.37 bits per heavy atom. The van der Waals surface area contributed by atoms with Crippen molar-refractivity contribution in [3.63, 3.8) is 0 Å². The van der Waals surface area contributed by atoms with Gasteiger partial charge in [0.1, 0.15) is 5.02 Å². The normalized spacial score (nSPS) is 19.2. The van der Waals surface area contributed by atoms with Gasteiger partial charge in [0.15, 0.2) is 0 Å². The molecule has 0 radical (unpaired) electrons. The summed E-state index contributed by atoms with van der Waals surface area (Å²) in [6.07, 6.45) is 4.92. The molecule has 0 saturated carbocycles. The third kappa shape index (κ3) is 4.47. The fourth-order valence-corrected chi connectivity index (χ4v) is 3.81. The van der Waals surface area contributed by atoms with E-state index in [1.54, 1.807) is 17.3 Å². The highest BCUT2D eigenvalue weighted by Crippen LogP contribution is 2.39. The highest BCUT2D eigenvalue weighted by Gasteiger charge is 2.36. The summed E-state index contributed by atoms with van der Waals surface area (Å²) in [6.45, 7) is 1.10. The molecule has 2 aliphatic rings. The van der Waals surface area contributed by atoms with E-state index in [-0.39, 0.29) is 28.0 Å². The number of carbonyl (C=O) groups excluding carboxylic acids is 2. The highest BCUT2D eigenvalue weighted by atomic mass is 35.5. The van der Waals surface area contributed by atoms with Gasteiger partial charge in [-0.2, -0.15) is 0 Å². The molecule has 2 heterocycles. The van der Waals surface area contributed by atoms with E-state index in [0.29, 0.717) is 18.7 Å². The molecule has 1 fully saturated rings. The topological polar surface area (TPSA) is 108 Å². The van der Waals surface area contributed by atoms with E-state index < -0.39 is 22.8 Å². The Kier molecular flexibility index (Phi) is 6.73. The Bertz CT molecular complexity index is 888. The number of rotatable bonds is 6. The minimum Gasteiger partial charge on any atom is -0.466 e. The van der Waals surface area contributed by atoms with Gasteiger partial charge in [0, 0.05) is 31.6 Å². The molecule has 0 aromatic heterocycles. The predicted octanol–water partition coefficient (Wildman–Crippen LogP) is 2.94. The summed E-state index contributed by atoms with van der Waals surface area (Å²) in [5, 5.41) is 11.3. The molecule has 1 aromatic carbocycles. The number of esters is 2. The van der Waals surface area contributed by atoms with Gasteiger partial charge in [-0.15, -0.1) is 0 Å². The number of nitro benzene ring substituents is 1. The molecular formula is C20H21ClN2O7. The van der Waals surface area contributed by atoms with Gasteiger partial charge in [0.05, 0.1) is 42.3 Å². The summed E-state index contributed by atoms with van der Waals surface area (Å²) >= 11 is 5.92. The summed E-state index contributed by atoms with van der Waals surface area (Å²) in [4.78, 5) is 37.6. The lowest BCUT2D eigenvalue weighted by molar-refractivity contribution is -0.384. The van der Waals surface area contributed by atoms with Crippen molar-refractivity contribution in [1.29, 1.82) is 0 Å². The van der Waals surface area contributed by atoms with Crippen LogP contribution in [-0.4, -0.2) is 55.2 Å². The van der Waals surface area contributed by atoms with E-state index in [2.05, 4.69) is 0 Å². The second kappa shape index (κ2) is 9.27. The van der Waals surface area contributed by atoms with Gasteiger partial charge in [-0.3, -0.25) is 10.1 Å². The smallest absolute Gasteiger partial charge is 0.336 e. The van der Waals surface area contributed by atoms with Crippen molar-refractivity contribution in [2.75, 3.05) is 27.4 Å². The molecule has 1 saturated heterocycles. The van der Waals surface area contributed by atoms with Crippen molar-refractivity contribution in [2.45, 2.75) is 24.9 Å². The summed E-state index contributed by atoms with van der Waals surface area (Å²) in [5.74, 6) is -2.24. The van der Waals surface area contributed by atoms with Crippen molar-refractivity contribution >= 4 is 29.2 Å². The lowest BCUT2D eigenvalue weighted by atomic mass is 9.83. The monoisotopic (exact) mass is 436 g/mol. The zero-order chi connectivity index (χ0) is 21.8. The maximum absolute atomic E-state index is 12.6. The molecule has 0 spiro atoms. The third-order valence-corrected chi connectivity index (χ3v) is 5.33. The molecule has 9 nitrogen and oxygen atoms in total. The molecule has 0 bridgehead atoms. The molecular weight excluding hydrogens is 416 g/mol. The summed E-state index contributed by atoms with van der Waals surface area (Å²) < 4.78 is 15.5. The quantitative estimate of drug-likeness (QED) is 0.380. The van der Waals surface area contributed by atoms with Gasteiger partial charge in [-0.1, -0.05) is 17.7 Å². The number of hydrogen-bond acceptors (Lipinski definition) is 8. The number of carbonyl (C=O) groups is 2. The van der Waals surface area contributed by atoms with Crippen molar-refractivity contribution < 1.29 is 28.7 Å². The van der Waals surface area contributed by atoms with Crippen LogP contribution in [0.25, 0.3) is 0 Å². The number of hydrogen-bond donors (Lipinski definition) is 0.